The predicted molar refractivity (Wildman–Crippen MR) is 234 cm³/mol. The van der Waals surface area contributed by atoms with Crippen LogP contribution in [0.15, 0.2) is 111 Å². The minimum Gasteiger partial charge on any atom is -0.398 e. The van der Waals surface area contributed by atoms with E-state index in [0.29, 0.717) is 10.0 Å². The largest absolute Gasteiger partial charge is 0.514 e. The molecule has 0 radical (unpaired) electrons. The Balaban J connectivity index is 0.000000181. The predicted octanol–water partition coefficient (Wildman–Crippen LogP) is 5.41. The van der Waals surface area contributed by atoms with Crippen LogP contribution >= 0.6 is 15.9 Å². The van der Waals surface area contributed by atoms with Crippen LogP contribution in [0.3, 0.4) is 0 Å². The number of nitrogens with zero attached hydrogens (tertiary/aromatic N) is 6. The summed E-state index contributed by atoms with van der Waals surface area (Å²) in [6.45, 7) is 8.18. The van der Waals surface area contributed by atoms with Crippen molar-refractivity contribution in [1.29, 1.82) is 0 Å². The molecule has 1 saturated heterocycles. The average molecular weight is 967 g/mol. The number of anilines is 1. The van der Waals surface area contributed by atoms with Crippen LogP contribution in [0.4, 0.5) is 14.5 Å². The van der Waals surface area contributed by atoms with E-state index in [1.807, 2.05) is 53.9 Å². The molecule has 3 aromatic carbocycles. The minimum absolute atomic E-state index is 0.156. The number of hydrogen-bond donors (Lipinski definition) is 1. The summed E-state index contributed by atoms with van der Waals surface area (Å²) in [7, 11) is -5.13. The smallest absolute Gasteiger partial charge is 0.398 e. The second kappa shape index (κ2) is 18.7. The van der Waals surface area contributed by atoms with E-state index in [4.69, 9.17) is 15.0 Å². The highest BCUT2D eigenvalue weighted by Crippen LogP contribution is 2.36. The molecule has 0 atom stereocenters. The molecule has 0 bridgehead atoms. The van der Waals surface area contributed by atoms with E-state index >= 15 is 0 Å². The second-order valence-corrected chi connectivity index (χ2v) is 21.8. The monoisotopic (exact) mass is 965 g/mol. The zero-order chi connectivity index (χ0) is 45.9. The Morgan fingerprint density at radius 2 is 0.984 bits per heavy atom. The molecule has 1 aliphatic rings. The first-order valence-electron chi connectivity index (χ1n) is 18.1. The third kappa shape index (κ3) is 12.2. The van der Waals surface area contributed by atoms with Gasteiger partial charge in [-0.3, -0.25) is 14.0 Å². The molecule has 1 aliphatic heterocycles. The second-order valence-electron chi connectivity index (χ2n) is 14.9. The summed E-state index contributed by atoms with van der Waals surface area (Å²) < 4.78 is 111. The highest BCUT2D eigenvalue weighted by Gasteiger charge is 2.52. The minimum atomic E-state index is -3.53. The van der Waals surface area contributed by atoms with Gasteiger partial charge in [0.2, 0.25) is 0 Å². The maximum atomic E-state index is 13.7. The number of rotatable bonds is 6. The number of nitrogen functional groups attached to an aromatic ring is 1. The summed E-state index contributed by atoms with van der Waals surface area (Å²) in [6, 6.07) is 18.3. The van der Waals surface area contributed by atoms with E-state index < -0.39 is 41.1 Å². The van der Waals surface area contributed by atoms with Crippen LogP contribution in [0.2, 0.25) is 0 Å². The van der Waals surface area contributed by atoms with Crippen LogP contribution in [0.25, 0.3) is 22.5 Å². The molecule has 2 N–H and O–H groups in total. The van der Waals surface area contributed by atoms with E-state index in [0.717, 1.165) is 47.4 Å². The van der Waals surface area contributed by atoms with Crippen molar-refractivity contribution >= 4 is 63.8 Å². The third-order valence-electron chi connectivity index (χ3n) is 9.62. The van der Waals surface area contributed by atoms with Gasteiger partial charge in [-0.25, -0.2) is 34.0 Å². The molecule has 0 unspecified atom stereocenters. The lowest BCUT2D eigenvalue weighted by molar-refractivity contribution is 0.00578. The maximum Gasteiger partial charge on any atom is 0.514 e. The molecule has 61 heavy (non-hydrogen) atoms. The number of benzene rings is 3. The summed E-state index contributed by atoms with van der Waals surface area (Å²) in [4.78, 5) is -0.405. The number of sulfone groups is 3. The number of aromatic nitrogens is 6. The lowest BCUT2D eigenvalue weighted by Gasteiger charge is -2.32. The Bertz CT molecular complexity index is 2730. The van der Waals surface area contributed by atoms with Crippen LogP contribution in [-0.2, 0) is 60.0 Å². The van der Waals surface area contributed by atoms with Crippen LogP contribution in [-0.4, -0.2) is 91.7 Å². The van der Waals surface area contributed by atoms with Gasteiger partial charge in [0.05, 0.1) is 38.8 Å². The molecule has 1 fully saturated rings. The van der Waals surface area contributed by atoms with Crippen molar-refractivity contribution in [3.63, 3.8) is 0 Å². The molecular weight excluding hydrogens is 919 g/mol. The fourth-order valence-electron chi connectivity index (χ4n) is 5.68. The molecule has 328 valence electrons. The number of aryl methyl sites for hydroxylation is 3. The van der Waals surface area contributed by atoms with Crippen molar-refractivity contribution in [3.8, 4) is 22.5 Å². The molecule has 0 amide bonds. The lowest BCUT2D eigenvalue weighted by atomic mass is 9.85. The molecule has 3 aromatic heterocycles. The van der Waals surface area contributed by atoms with Gasteiger partial charge in [-0.1, -0.05) is 28.1 Å². The van der Waals surface area contributed by atoms with Crippen molar-refractivity contribution in [3.05, 3.63) is 107 Å². The lowest BCUT2D eigenvalue weighted by Crippen LogP contribution is -2.41. The highest BCUT2D eigenvalue weighted by molar-refractivity contribution is 9.10. The van der Waals surface area contributed by atoms with Gasteiger partial charge in [0, 0.05) is 74.1 Å². The van der Waals surface area contributed by atoms with Gasteiger partial charge in [0.15, 0.2) is 29.5 Å². The Morgan fingerprint density at radius 1 is 0.590 bits per heavy atom. The third-order valence-corrected chi connectivity index (χ3v) is 13.5. The van der Waals surface area contributed by atoms with Gasteiger partial charge < -0.3 is 15.0 Å². The summed E-state index contributed by atoms with van der Waals surface area (Å²) in [5.74, 6) is -1.47. The summed E-state index contributed by atoms with van der Waals surface area (Å²) >= 11 is 3.03. The van der Waals surface area contributed by atoms with E-state index in [9.17, 15) is 34.0 Å². The molecule has 4 heterocycles. The quantitative estimate of drug-likeness (QED) is 0.165. The van der Waals surface area contributed by atoms with Gasteiger partial charge >= 0.3 is 7.12 Å². The van der Waals surface area contributed by atoms with Crippen molar-refractivity contribution in [2.24, 2.45) is 21.1 Å². The van der Waals surface area contributed by atoms with Gasteiger partial charge in [-0.2, -0.15) is 15.3 Å². The molecule has 0 saturated carbocycles. The molecule has 22 heteroatoms. The van der Waals surface area contributed by atoms with E-state index in [-0.39, 0.29) is 38.7 Å². The van der Waals surface area contributed by atoms with Crippen molar-refractivity contribution in [2.75, 3.05) is 24.5 Å². The normalized spacial score (nSPS) is 14.5. The van der Waals surface area contributed by atoms with Crippen molar-refractivity contribution < 1.29 is 43.3 Å². The zero-order valence-electron chi connectivity index (χ0n) is 35.1. The SMILES string of the molecule is CS(=O)(=O)c1ccc(Br)cc1F.Cn1nccc1-c1ccc(S(C)(=O)=O)c(F)c1.Cn1nccc1-c1ccc(S(C)(=O)=O)c(N)c1.Cn1nccc1B1OC(C)(C)C(C)(C)O1. The van der Waals surface area contributed by atoms with Gasteiger partial charge in [-0.15, -0.1) is 0 Å². The standard InChI is InChI=1S/C11H11FN2O2S.C11H13N3O2S.C10H17BN2O2.C7H6BrFO2S/c2*1-14-10(5-6-13-14)8-3-4-11(9(12)7-8)17(2,15)16;1-9(2)10(3,4)15-11(14-9)8-6-7-12-13(8)5;1-12(10,11)7-3-2-5(8)4-6(7)9/h3-7H,1-2H3;3-7H,12H2,1-2H3;6-7H,1-5H3;2-4H,1H3. The fourth-order valence-corrected chi connectivity index (χ4v) is 8.27. The molecule has 0 aliphatic carbocycles. The van der Waals surface area contributed by atoms with Crippen molar-refractivity contribution in [1.82, 2.24) is 29.3 Å². The Morgan fingerprint density at radius 3 is 1.34 bits per heavy atom. The Hall–Kier alpha value is -4.74. The zero-order valence-corrected chi connectivity index (χ0v) is 39.2. The Kier molecular flexibility index (Phi) is 15.0. The Labute approximate surface area is 363 Å². The summed E-state index contributed by atoms with van der Waals surface area (Å²) in [5.41, 5.74) is 9.43. The first kappa shape index (κ1) is 48.9. The van der Waals surface area contributed by atoms with Crippen molar-refractivity contribution in [2.45, 2.75) is 53.6 Å². The molecule has 7 rings (SSSR count). The summed E-state index contributed by atoms with van der Waals surface area (Å²) in [6.07, 6.45) is 8.12. The van der Waals surface area contributed by atoms with Gasteiger partial charge in [0.1, 0.15) is 21.4 Å². The highest BCUT2D eigenvalue weighted by atomic mass is 79.9. The molecular formula is C39H47BBrF2N7O8S3. The van der Waals surface area contributed by atoms with Gasteiger partial charge in [-0.05, 0) is 88.4 Å². The molecule has 0 spiro atoms. The number of halogens is 3. The molecule has 15 nitrogen and oxygen atoms in total. The topological polar surface area (TPSA) is 200 Å². The van der Waals surface area contributed by atoms with E-state index in [1.165, 1.54) is 30.3 Å². The first-order chi connectivity index (χ1) is 28.0. The average Bonchev–Trinajstić information content (AvgIpc) is 3.90. The van der Waals surface area contributed by atoms with Crippen LogP contribution in [0.1, 0.15) is 27.7 Å². The maximum absolute atomic E-state index is 13.7. The number of hydrogen-bond acceptors (Lipinski definition) is 12. The van der Waals surface area contributed by atoms with Crippen LogP contribution in [0.5, 0.6) is 0 Å². The first-order valence-corrected chi connectivity index (χ1v) is 24.5. The number of nitrogens with two attached hydrogens (primary N) is 1. The van der Waals surface area contributed by atoms with E-state index in [1.54, 1.807) is 63.9 Å². The summed E-state index contributed by atoms with van der Waals surface area (Å²) in [5, 5.41) is 12.1. The molecule has 6 aromatic rings. The van der Waals surface area contributed by atoms with E-state index in [2.05, 4.69) is 31.2 Å². The van der Waals surface area contributed by atoms with Crippen LogP contribution < -0.4 is 11.3 Å². The van der Waals surface area contributed by atoms with Gasteiger partial charge in [0.25, 0.3) is 0 Å². The fraction of sp³-hybridized carbons (Fsp3) is 0.308. The van der Waals surface area contributed by atoms with Crippen LogP contribution in [0, 0.1) is 11.6 Å².